The number of nitrogens with one attached hydrogen (secondary N) is 1. The third-order valence-corrected chi connectivity index (χ3v) is 5.44. The number of piperidine rings is 1. The maximum atomic E-state index is 12.6. The molecule has 1 aliphatic carbocycles. The van der Waals surface area contributed by atoms with Crippen molar-refractivity contribution in [2.24, 2.45) is 11.8 Å². The van der Waals surface area contributed by atoms with E-state index in [0.717, 1.165) is 24.3 Å². The number of anilines is 1. The molecule has 1 aliphatic heterocycles. The van der Waals surface area contributed by atoms with E-state index in [2.05, 4.69) is 24.3 Å². The number of likely N-dealkylation sites (tertiary alicyclic amines) is 1. The van der Waals surface area contributed by atoms with E-state index in [9.17, 15) is 4.79 Å². The maximum absolute atomic E-state index is 12.6. The van der Waals surface area contributed by atoms with Gasteiger partial charge in [0, 0.05) is 19.1 Å². The molecule has 0 spiro atoms. The maximum Gasteiger partial charge on any atom is 0.321 e. The predicted molar refractivity (Wildman–Crippen MR) is 90.5 cm³/mol. The Hall–Kier alpha value is -1.26. The van der Waals surface area contributed by atoms with Gasteiger partial charge in [0.1, 0.15) is 0 Å². The quantitative estimate of drug-likeness (QED) is 0.905. The van der Waals surface area contributed by atoms with E-state index in [-0.39, 0.29) is 6.03 Å². The van der Waals surface area contributed by atoms with Crippen molar-refractivity contribution in [1.29, 1.82) is 0 Å². The van der Waals surface area contributed by atoms with Gasteiger partial charge in [0.15, 0.2) is 0 Å². The van der Waals surface area contributed by atoms with Gasteiger partial charge >= 0.3 is 6.03 Å². The third-order valence-electron chi connectivity index (χ3n) is 5.12. The van der Waals surface area contributed by atoms with Crippen molar-refractivity contribution in [1.82, 2.24) is 9.80 Å². The zero-order chi connectivity index (χ0) is 15.9. The molecule has 1 heterocycles. The Labute approximate surface area is 137 Å². The summed E-state index contributed by atoms with van der Waals surface area (Å²) >= 11 is 6.21. The highest BCUT2D eigenvalue weighted by atomic mass is 35.5. The number of para-hydroxylation sites is 1. The summed E-state index contributed by atoms with van der Waals surface area (Å²) in [5, 5.41) is 3.60. The van der Waals surface area contributed by atoms with Crippen molar-refractivity contribution in [2.45, 2.75) is 25.8 Å². The van der Waals surface area contributed by atoms with E-state index in [1.54, 1.807) is 0 Å². The molecule has 2 fully saturated rings. The molecule has 1 saturated heterocycles. The minimum Gasteiger partial charge on any atom is -0.324 e. The highest BCUT2D eigenvalue weighted by Crippen LogP contribution is 2.39. The van der Waals surface area contributed by atoms with Crippen molar-refractivity contribution in [3.63, 3.8) is 0 Å². The summed E-state index contributed by atoms with van der Waals surface area (Å²) in [7, 11) is 4.30. The predicted octanol–water partition coefficient (Wildman–Crippen LogP) is 3.45. The van der Waals surface area contributed by atoms with Crippen molar-refractivity contribution < 1.29 is 4.79 Å². The number of fused-ring (bicyclic) bond motifs is 2. The van der Waals surface area contributed by atoms with Crippen LogP contribution >= 0.6 is 11.6 Å². The van der Waals surface area contributed by atoms with E-state index in [1.807, 2.05) is 30.0 Å². The summed E-state index contributed by atoms with van der Waals surface area (Å²) in [5.41, 5.74) is 1.73. The molecule has 0 radical (unpaired) electrons. The summed E-state index contributed by atoms with van der Waals surface area (Å²) < 4.78 is 0. The number of amides is 2. The Morgan fingerprint density at radius 2 is 1.91 bits per heavy atom. The molecule has 2 amide bonds. The number of aryl methyl sites for hydroxylation is 1. The third kappa shape index (κ3) is 2.82. The van der Waals surface area contributed by atoms with Crippen LogP contribution in [0.4, 0.5) is 10.5 Å². The van der Waals surface area contributed by atoms with Crippen LogP contribution in [-0.2, 0) is 0 Å². The molecule has 1 N–H and O–H groups in total. The molecule has 2 aliphatic rings. The second-order valence-electron chi connectivity index (χ2n) is 6.82. The van der Waals surface area contributed by atoms with Gasteiger partial charge in [0.2, 0.25) is 0 Å². The van der Waals surface area contributed by atoms with E-state index >= 15 is 0 Å². The van der Waals surface area contributed by atoms with E-state index in [0.29, 0.717) is 22.9 Å². The zero-order valence-corrected chi connectivity index (χ0v) is 14.2. The van der Waals surface area contributed by atoms with Gasteiger partial charge in [-0.25, -0.2) is 4.79 Å². The van der Waals surface area contributed by atoms with Crippen molar-refractivity contribution in [3.8, 4) is 0 Å². The van der Waals surface area contributed by atoms with Crippen LogP contribution in [0.15, 0.2) is 18.2 Å². The smallest absolute Gasteiger partial charge is 0.321 e. The van der Waals surface area contributed by atoms with Crippen LogP contribution < -0.4 is 5.32 Å². The van der Waals surface area contributed by atoms with Crippen LogP contribution in [0, 0.1) is 18.8 Å². The first-order valence-electron chi connectivity index (χ1n) is 7.95. The van der Waals surface area contributed by atoms with Crippen LogP contribution in [0.25, 0.3) is 0 Å². The molecular weight excluding hydrogens is 298 g/mol. The Bertz CT molecular complexity index is 541. The average molecular weight is 322 g/mol. The Morgan fingerprint density at radius 1 is 1.27 bits per heavy atom. The summed E-state index contributed by atoms with van der Waals surface area (Å²) in [4.78, 5) is 16.9. The van der Waals surface area contributed by atoms with Crippen molar-refractivity contribution in [2.75, 3.05) is 32.5 Å². The number of carbonyl (C=O) groups excluding carboxylic acids is 1. The molecule has 1 aromatic rings. The fourth-order valence-electron chi connectivity index (χ4n) is 4.18. The van der Waals surface area contributed by atoms with Gasteiger partial charge in [-0.2, -0.15) is 0 Å². The van der Waals surface area contributed by atoms with E-state index in [4.69, 9.17) is 11.6 Å². The van der Waals surface area contributed by atoms with Crippen molar-refractivity contribution >= 4 is 23.3 Å². The van der Waals surface area contributed by atoms with Gasteiger partial charge in [-0.3, -0.25) is 0 Å². The summed E-state index contributed by atoms with van der Waals surface area (Å²) in [5.74, 6) is 1.18. The number of benzene rings is 1. The topological polar surface area (TPSA) is 35.6 Å². The second kappa shape index (κ2) is 6.09. The average Bonchev–Trinajstić information content (AvgIpc) is 2.74. The summed E-state index contributed by atoms with van der Waals surface area (Å²) in [6.45, 7) is 3.65. The Balaban J connectivity index is 1.70. The van der Waals surface area contributed by atoms with Gasteiger partial charge in [-0.15, -0.1) is 0 Å². The number of rotatable bonds is 2. The fourth-order valence-corrected chi connectivity index (χ4v) is 4.45. The summed E-state index contributed by atoms with van der Waals surface area (Å²) in [6, 6.07) is 6.27. The lowest BCUT2D eigenvalue weighted by molar-refractivity contribution is 0.0953. The number of urea groups is 1. The Kier molecular flexibility index (Phi) is 4.33. The van der Waals surface area contributed by atoms with Crippen LogP contribution in [0.1, 0.15) is 18.4 Å². The molecule has 120 valence electrons. The number of nitrogens with zero attached hydrogens (tertiary/aromatic N) is 2. The standard InChI is InChI=1S/C17H24ClN3O/c1-11-5-4-6-14(18)15(11)19-17(22)21-9-12-7-8-13(10-21)16(12)20(2)3/h4-6,12-13,16H,7-10H2,1-3H3,(H,19,22)/t12-,13+,16?. The van der Waals surface area contributed by atoms with Crippen LogP contribution in [0.3, 0.4) is 0 Å². The number of carbonyl (C=O) groups is 1. The first kappa shape index (κ1) is 15.6. The number of halogens is 1. The highest BCUT2D eigenvalue weighted by Gasteiger charge is 2.44. The first-order chi connectivity index (χ1) is 10.5. The van der Waals surface area contributed by atoms with Gasteiger partial charge < -0.3 is 15.1 Å². The van der Waals surface area contributed by atoms with Gasteiger partial charge in [0.25, 0.3) is 0 Å². The fraction of sp³-hybridized carbons (Fsp3) is 0.588. The van der Waals surface area contributed by atoms with Crippen LogP contribution in [0.5, 0.6) is 0 Å². The lowest BCUT2D eigenvalue weighted by atomic mass is 9.91. The lowest BCUT2D eigenvalue weighted by Crippen LogP contribution is -2.53. The number of hydrogen-bond donors (Lipinski definition) is 1. The van der Waals surface area contributed by atoms with Gasteiger partial charge in [-0.1, -0.05) is 23.7 Å². The Morgan fingerprint density at radius 3 is 2.45 bits per heavy atom. The highest BCUT2D eigenvalue weighted by molar-refractivity contribution is 6.33. The molecule has 1 aromatic carbocycles. The molecule has 0 aromatic heterocycles. The molecule has 2 bridgehead atoms. The molecule has 22 heavy (non-hydrogen) atoms. The minimum atomic E-state index is -0.0229. The molecule has 3 rings (SSSR count). The van der Waals surface area contributed by atoms with Crippen molar-refractivity contribution in [3.05, 3.63) is 28.8 Å². The monoisotopic (exact) mass is 321 g/mol. The second-order valence-corrected chi connectivity index (χ2v) is 7.23. The molecule has 1 saturated carbocycles. The molecule has 5 heteroatoms. The first-order valence-corrected chi connectivity index (χ1v) is 8.32. The molecular formula is C17H24ClN3O. The largest absolute Gasteiger partial charge is 0.324 e. The molecule has 3 atom stereocenters. The van der Waals surface area contributed by atoms with Gasteiger partial charge in [-0.05, 0) is 57.3 Å². The summed E-state index contributed by atoms with van der Waals surface area (Å²) in [6.07, 6.45) is 2.45. The van der Waals surface area contributed by atoms with Crippen LogP contribution in [-0.4, -0.2) is 49.1 Å². The normalized spacial score (nSPS) is 27.3. The minimum absolute atomic E-state index is 0.0229. The SMILES string of the molecule is Cc1cccc(Cl)c1NC(=O)N1C[C@H]2CC[C@@H](C1)C2N(C)C. The van der Waals surface area contributed by atoms with Gasteiger partial charge in [0.05, 0.1) is 10.7 Å². The number of hydrogen-bond acceptors (Lipinski definition) is 2. The lowest BCUT2D eigenvalue weighted by Gasteiger charge is -2.41. The zero-order valence-electron chi connectivity index (χ0n) is 13.5. The van der Waals surface area contributed by atoms with E-state index in [1.165, 1.54) is 12.8 Å². The molecule has 1 unspecified atom stereocenters. The van der Waals surface area contributed by atoms with E-state index < -0.39 is 0 Å². The van der Waals surface area contributed by atoms with Crippen LogP contribution in [0.2, 0.25) is 5.02 Å². The molecule has 4 nitrogen and oxygen atoms in total.